The molecule has 1 aliphatic heterocycles. The molecule has 0 saturated carbocycles. The Morgan fingerprint density at radius 1 is 1.04 bits per heavy atom. The van der Waals surface area contributed by atoms with Crippen LogP contribution in [0.5, 0.6) is 5.88 Å². The number of hydrogen-bond donors (Lipinski definition) is 0. The highest BCUT2D eigenvalue weighted by molar-refractivity contribution is 5.48. The van der Waals surface area contributed by atoms with Crippen molar-refractivity contribution in [3.05, 3.63) is 48.0 Å². The molecule has 25 heavy (non-hydrogen) atoms. The molecule has 0 amide bonds. The van der Waals surface area contributed by atoms with E-state index in [1.54, 1.807) is 12.4 Å². The Kier molecular flexibility index (Phi) is 5.81. The SMILES string of the molecule is CC(C)Oc1nccnc1N1CCCN(Cc2ccc(F)cc2)CC1. The van der Waals surface area contributed by atoms with Crippen molar-refractivity contribution in [3.63, 3.8) is 0 Å². The first-order chi connectivity index (χ1) is 12.1. The van der Waals surface area contributed by atoms with Gasteiger partial charge in [0.2, 0.25) is 0 Å². The van der Waals surface area contributed by atoms with Crippen molar-refractivity contribution >= 4 is 5.82 Å². The molecule has 6 heteroatoms. The van der Waals surface area contributed by atoms with Crippen molar-refractivity contribution in [2.75, 3.05) is 31.1 Å². The van der Waals surface area contributed by atoms with Crippen molar-refractivity contribution in [1.82, 2.24) is 14.9 Å². The second kappa shape index (κ2) is 8.25. The molecule has 0 radical (unpaired) electrons. The van der Waals surface area contributed by atoms with Gasteiger partial charge in [0.25, 0.3) is 5.88 Å². The standard InChI is InChI=1S/C19H25FN4O/c1-15(2)25-19-18(21-8-9-22-19)24-11-3-10-23(12-13-24)14-16-4-6-17(20)7-5-16/h4-9,15H,3,10-14H2,1-2H3. The molecule has 1 fully saturated rings. The number of benzene rings is 1. The zero-order chi connectivity index (χ0) is 17.6. The molecular weight excluding hydrogens is 319 g/mol. The summed E-state index contributed by atoms with van der Waals surface area (Å²) in [6, 6.07) is 6.76. The normalized spacial score (nSPS) is 16.1. The van der Waals surface area contributed by atoms with E-state index in [0.717, 1.165) is 50.5 Å². The van der Waals surface area contributed by atoms with Crippen LogP contribution in [0.3, 0.4) is 0 Å². The molecule has 2 heterocycles. The molecule has 134 valence electrons. The molecule has 1 aliphatic rings. The van der Waals surface area contributed by atoms with Gasteiger partial charge in [0, 0.05) is 45.1 Å². The summed E-state index contributed by atoms with van der Waals surface area (Å²) < 4.78 is 18.9. The third-order valence-electron chi connectivity index (χ3n) is 4.20. The van der Waals surface area contributed by atoms with Gasteiger partial charge in [-0.1, -0.05) is 12.1 Å². The van der Waals surface area contributed by atoms with E-state index < -0.39 is 0 Å². The van der Waals surface area contributed by atoms with Gasteiger partial charge in [-0.3, -0.25) is 4.90 Å². The van der Waals surface area contributed by atoms with Crippen LogP contribution in [0, 0.1) is 5.82 Å². The highest BCUT2D eigenvalue weighted by Crippen LogP contribution is 2.25. The maximum atomic E-state index is 13.1. The van der Waals surface area contributed by atoms with Crippen LogP contribution in [0.25, 0.3) is 0 Å². The topological polar surface area (TPSA) is 41.5 Å². The van der Waals surface area contributed by atoms with Crippen LogP contribution in [0.15, 0.2) is 36.7 Å². The number of aromatic nitrogens is 2. The predicted molar refractivity (Wildman–Crippen MR) is 96.3 cm³/mol. The van der Waals surface area contributed by atoms with Crippen LogP contribution in [-0.4, -0.2) is 47.2 Å². The van der Waals surface area contributed by atoms with E-state index >= 15 is 0 Å². The van der Waals surface area contributed by atoms with Crippen LogP contribution < -0.4 is 9.64 Å². The quantitative estimate of drug-likeness (QED) is 0.834. The van der Waals surface area contributed by atoms with Gasteiger partial charge in [0.05, 0.1) is 6.10 Å². The Morgan fingerprint density at radius 3 is 2.56 bits per heavy atom. The number of halogens is 1. The van der Waals surface area contributed by atoms with E-state index in [1.807, 2.05) is 26.0 Å². The Balaban J connectivity index is 1.64. The van der Waals surface area contributed by atoms with E-state index in [2.05, 4.69) is 19.8 Å². The summed E-state index contributed by atoms with van der Waals surface area (Å²) in [6.45, 7) is 8.55. The van der Waals surface area contributed by atoms with Crippen LogP contribution >= 0.6 is 0 Å². The number of hydrogen-bond acceptors (Lipinski definition) is 5. The first-order valence-electron chi connectivity index (χ1n) is 8.81. The fourth-order valence-corrected chi connectivity index (χ4v) is 3.03. The van der Waals surface area contributed by atoms with Crippen LogP contribution in [0.1, 0.15) is 25.8 Å². The van der Waals surface area contributed by atoms with E-state index in [1.165, 1.54) is 12.1 Å². The van der Waals surface area contributed by atoms with Crippen molar-refractivity contribution in [1.29, 1.82) is 0 Å². The van der Waals surface area contributed by atoms with Gasteiger partial charge < -0.3 is 9.64 Å². The molecule has 0 bridgehead atoms. The fourth-order valence-electron chi connectivity index (χ4n) is 3.03. The van der Waals surface area contributed by atoms with E-state index in [4.69, 9.17) is 4.74 Å². The zero-order valence-corrected chi connectivity index (χ0v) is 14.9. The van der Waals surface area contributed by atoms with E-state index in [-0.39, 0.29) is 11.9 Å². The maximum Gasteiger partial charge on any atom is 0.257 e. The molecule has 1 saturated heterocycles. The first kappa shape index (κ1) is 17.6. The molecule has 0 atom stereocenters. The van der Waals surface area contributed by atoms with Gasteiger partial charge in [-0.25, -0.2) is 14.4 Å². The summed E-state index contributed by atoms with van der Waals surface area (Å²) >= 11 is 0. The number of rotatable bonds is 5. The first-order valence-corrected chi connectivity index (χ1v) is 8.81. The Hall–Kier alpha value is -2.21. The third kappa shape index (κ3) is 4.89. The van der Waals surface area contributed by atoms with Gasteiger partial charge in [-0.15, -0.1) is 0 Å². The Bertz CT molecular complexity index is 677. The van der Waals surface area contributed by atoms with E-state index in [9.17, 15) is 4.39 Å². The van der Waals surface area contributed by atoms with Crippen molar-refractivity contribution in [2.45, 2.75) is 32.9 Å². The molecule has 2 aromatic rings. The summed E-state index contributed by atoms with van der Waals surface area (Å²) in [5, 5.41) is 0. The Morgan fingerprint density at radius 2 is 1.80 bits per heavy atom. The molecule has 3 rings (SSSR count). The lowest BCUT2D eigenvalue weighted by Gasteiger charge is -2.24. The van der Waals surface area contributed by atoms with E-state index in [0.29, 0.717) is 5.88 Å². The minimum absolute atomic E-state index is 0.0670. The summed E-state index contributed by atoms with van der Waals surface area (Å²) in [7, 11) is 0. The summed E-state index contributed by atoms with van der Waals surface area (Å²) in [5.74, 6) is 1.23. The van der Waals surface area contributed by atoms with Gasteiger partial charge >= 0.3 is 0 Å². The maximum absolute atomic E-state index is 13.1. The van der Waals surface area contributed by atoms with Gasteiger partial charge in [-0.2, -0.15) is 0 Å². The summed E-state index contributed by atoms with van der Waals surface area (Å²) in [4.78, 5) is 13.5. The monoisotopic (exact) mass is 344 g/mol. The van der Waals surface area contributed by atoms with Crippen molar-refractivity contribution in [3.8, 4) is 5.88 Å². The lowest BCUT2D eigenvalue weighted by atomic mass is 10.2. The molecule has 1 aromatic heterocycles. The fraction of sp³-hybridized carbons (Fsp3) is 0.474. The lowest BCUT2D eigenvalue weighted by molar-refractivity contribution is 0.232. The predicted octanol–water partition coefficient (Wildman–Crippen LogP) is 3.12. The van der Waals surface area contributed by atoms with Gasteiger partial charge in [-0.05, 0) is 38.0 Å². The Labute approximate surface area is 148 Å². The molecule has 0 unspecified atom stereocenters. The largest absolute Gasteiger partial charge is 0.472 e. The second-order valence-corrected chi connectivity index (χ2v) is 6.59. The lowest BCUT2D eigenvalue weighted by Crippen LogP contribution is -2.31. The smallest absolute Gasteiger partial charge is 0.257 e. The highest BCUT2D eigenvalue weighted by Gasteiger charge is 2.20. The van der Waals surface area contributed by atoms with Crippen molar-refractivity contribution < 1.29 is 9.13 Å². The molecular formula is C19H25FN4O. The molecule has 0 N–H and O–H groups in total. The summed E-state index contributed by atoms with van der Waals surface area (Å²) in [5.41, 5.74) is 1.14. The van der Waals surface area contributed by atoms with Crippen LogP contribution in [0.2, 0.25) is 0 Å². The number of ether oxygens (including phenoxy) is 1. The molecule has 5 nitrogen and oxygen atoms in total. The van der Waals surface area contributed by atoms with Crippen molar-refractivity contribution in [2.24, 2.45) is 0 Å². The third-order valence-corrected chi connectivity index (χ3v) is 4.20. The molecule has 1 aromatic carbocycles. The van der Waals surface area contributed by atoms with Crippen LogP contribution in [-0.2, 0) is 6.54 Å². The minimum Gasteiger partial charge on any atom is -0.472 e. The zero-order valence-electron chi connectivity index (χ0n) is 14.9. The minimum atomic E-state index is -0.189. The average Bonchev–Trinajstić information content (AvgIpc) is 2.82. The molecule has 0 aliphatic carbocycles. The van der Waals surface area contributed by atoms with Gasteiger partial charge in [0.15, 0.2) is 5.82 Å². The van der Waals surface area contributed by atoms with Crippen LogP contribution in [0.4, 0.5) is 10.2 Å². The molecule has 0 spiro atoms. The average molecular weight is 344 g/mol. The number of anilines is 1. The highest BCUT2D eigenvalue weighted by atomic mass is 19.1. The number of nitrogens with zero attached hydrogens (tertiary/aromatic N) is 4. The summed E-state index contributed by atoms with van der Waals surface area (Å²) in [6.07, 6.45) is 4.49. The second-order valence-electron chi connectivity index (χ2n) is 6.59. The van der Waals surface area contributed by atoms with Gasteiger partial charge in [0.1, 0.15) is 5.82 Å².